The number of anilines is 1. The molecule has 0 aromatic carbocycles. The maximum atomic E-state index is 12.8. The molecule has 0 saturated carbocycles. The van der Waals surface area contributed by atoms with Crippen LogP contribution in [0.1, 0.15) is 12.8 Å². The average molecular weight is 354 g/mol. The molecule has 4 heterocycles. The average Bonchev–Trinajstić information content (AvgIpc) is 3.35. The Kier molecular flexibility index (Phi) is 5.15. The zero-order chi connectivity index (χ0) is 17.8. The number of carbonyl (C=O) groups is 1. The SMILES string of the molecule is O=C(CN1CCC[C@H]1Cn1cccn1)N1CCN(c2ccccn2)CC1. The molecule has 0 radical (unpaired) electrons. The fourth-order valence-electron chi connectivity index (χ4n) is 3.93. The number of piperazine rings is 1. The number of carbonyl (C=O) groups excluding carboxylic acids is 1. The Bertz CT molecular complexity index is 696. The lowest BCUT2D eigenvalue weighted by atomic mass is 10.2. The fraction of sp³-hybridized carbons (Fsp3) is 0.526. The lowest BCUT2D eigenvalue weighted by Gasteiger charge is -2.36. The van der Waals surface area contributed by atoms with Crippen LogP contribution in [0.4, 0.5) is 5.82 Å². The van der Waals surface area contributed by atoms with Gasteiger partial charge in [0.25, 0.3) is 0 Å². The van der Waals surface area contributed by atoms with E-state index in [0.717, 1.165) is 57.9 Å². The van der Waals surface area contributed by atoms with Crippen LogP contribution in [0.2, 0.25) is 0 Å². The van der Waals surface area contributed by atoms with E-state index in [-0.39, 0.29) is 5.91 Å². The van der Waals surface area contributed by atoms with Crippen LogP contribution in [-0.2, 0) is 11.3 Å². The fourth-order valence-corrected chi connectivity index (χ4v) is 3.93. The highest BCUT2D eigenvalue weighted by Gasteiger charge is 2.29. The number of nitrogens with zero attached hydrogens (tertiary/aromatic N) is 6. The third-order valence-electron chi connectivity index (χ3n) is 5.40. The van der Waals surface area contributed by atoms with E-state index in [1.54, 1.807) is 0 Å². The van der Waals surface area contributed by atoms with Gasteiger partial charge in [0.1, 0.15) is 5.82 Å². The second kappa shape index (κ2) is 7.86. The number of hydrogen-bond donors (Lipinski definition) is 0. The van der Waals surface area contributed by atoms with Crippen LogP contribution in [0.3, 0.4) is 0 Å². The molecule has 2 aliphatic rings. The Morgan fingerprint density at radius 2 is 1.96 bits per heavy atom. The first-order valence-corrected chi connectivity index (χ1v) is 9.45. The maximum Gasteiger partial charge on any atom is 0.236 e. The predicted octanol–water partition coefficient (Wildman–Crippen LogP) is 1.09. The highest BCUT2D eigenvalue weighted by molar-refractivity contribution is 5.78. The molecule has 2 aromatic rings. The Balaban J connectivity index is 1.28. The van der Waals surface area contributed by atoms with Crippen LogP contribution >= 0.6 is 0 Å². The Morgan fingerprint density at radius 1 is 1.08 bits per heavy atom. The summed E-state index contributed by atoms with van der Waals surface area (Å²) in [5, 5.41) is 4.30. The summed E-state index contributed by atoms with van der Waals surface area (Å²) >= 11 is 0. The zero-order valence-electron chi connectivity index (χ0n) is 15.1. The molecular weight excluding hydrogens is 328 g/mol. The maximum absolute atomic E-state index is 12.8. The monoisotopic (exact) mass is 354 g/mol. The molecule has 0 spiro atoms. The second-order valence-electron chi connectivity index (χ2n) is 7.05. The van der Waals surface area contributed by atoms with E-state index >= 15 is 0 Å². The minimum Gasteiger partial charge on any atom is -0.353 e. The van der Waals surface area contributed by atoms with Crippen LogP contribution < -0.4 is 4.90 Å². The molecule has 138 valence electrons. The normalized spacial score (nSPS) is 21.3. The molecule has 2 aliphatic heterocycles. The molecule has 0 unspecified atom stereocenters. The minimum atomic E-state index is 0.248. The lowest BCUT2D eigenvalue weighted by Crippen LogP contribution is -2.52. The molecule has 0 N–H and O–H groups in total. The summed E-state index contributed by atoms with van der Waals surface area (Å²) in [6.07, 6.45) is 7.92. The van der Waals surface area contributed by atoms with E-state index in [0.29, 0.717) is 12.6 Å². The van der Waals surface area contributed by atoms with Gasteiger partial charge in [-0.1, -0.05) is 6.07 Å². The van der Waals surface area contributed by atoms with E-state index in [1.165, 1.54) is 0 Å². The largest absolute Gasteiger partial charge is 0.353 e. The third kappa shape index (κ3) is 3.88. The van der Waals surface area contributed by atoms with E-state index in [1.807, 2.05) is 52.4 Å². The number of likely N-dealkylation sites (tertiary alicyclic amines) is 1. The first kappa shape index (κ1) is 17.0. The van der Waals surface area contributed by atoms with Gasteiger partial charge in [-0.2, -0.15) is 5.10 Å². The molecule has 2 saturated heterocycles. The van der Waals surface area contributed by atoms with Gasteiger partial charge in [0.2, 0.25) is 5.91 Å². The van der Waals surface area contributed by atoms with Crippen molar-refractivity contribution in [2.75, 3.05) is 44.2 Å². The predicted molar refractivity (Wildman–Crippen MR) is 99.9 cm³/mol. The van der Waals surface area contributed by atoms with E-state index in [2.05, 4.69) is 19.9 Å². The molecular formula is C19H26N6O. The van der Waals surface area contributed by atoms with Crippen molar-refractivity contribution in [2.24, 2.45) is 0 Å². The Morgan fingerprint density at radius 3 is 2.69 bits per heavy atom. The van der Waals surface area contributed by atoms with Crippen molar-refractivity contribution < 1.29 is 4.79 Å². The number of amides is 1. The van der Waals surface area contributed by atoms with E-state index in [4.69, 9.17) is 0 Å². The summed E-state index contributed by atoms with van der Waals surface area (Å²) in [7, 11) is 0. The molecule has 1 atom stereocenters. The first-order valence-electron chi connectivity index (χ1n) is 9.45. The van der Waals surface area contributed by atoms with Gasteiger partial charge in [0.05, 0.1) is 13.1 Å². The molecule has 2 fully saturated rings. The third-order valence-corrected chi connectivity index (χ3v) is 5.40. The van der Waals surface area contributed by atoms with Crippen molar-refractivity contribution in [3.8, 4) is 0 Å². The topological polar surface area (TPSA) is 57.5 Å². The van der Waals surface area contributed by atoms with Gasteiger partial charge in [0.15, 0.2) is 0 Å². The van der Waals surface area contributed by atoms with Gasteiger partial charge in [-0.25, -0.2) is 4.98 Å². The van der Waals surface area contributed by atoms with Crippen molar-refractivity contribution >= 4 is 11.7 Å². The van der Waals surface area contributed by atoms with Crippen LogP contribution in [0.25, 0.3) is 0 Å². The van der Waals surface area contributed by atoms with Crippen molar-refractivity contribution in [1.29, 1.82) is 0 Å². The van der Waals surface area contributed by atoms with Crippen LogP contribution in [0, 0.1) is 0 Å². The zero-order valence-corrected chi connectivity index (χ0v) is 15.1. The van der Waals surface area contributed by atoms with Crippen molar-refractivity contribution in [1.82, 2.24) is 24.6 Å². The minimum absolute atomic E-state index is 0.248. The number of pyridine rings is 1. The molecule has 7 nitrogen and oxygen atoms in total. The standard InChI is InChI=1S/C19H26N6O/c26-19(16-24-9-3-5-17(24)15-25-10-4-8-21-25)23-13-11-22(12-14-23)18-6-1-2-7-20-18/h1-2,4,6-8,10,17H,3,5,9,11-16H2/t17-/m0/s1. The summed E-state index contributed by atoms with van der Waals surface area (Å²) < 4.78 is 1.97. The van der Waals surface area contributed by atoms with E-state index in [9.17, 15) is 4.79 Å². The van der Waals surface area contributed by atoms with Gasteiger partial charge in [-0.3, -0.25) is 14.4 Å². The molecule has 0 aliphatic carbocycles. The lowest BCUT2D eigenvalue weighted by molar-refractivity contribution is -0.133. The van der Waals surface area contributed by atoms with Crippen molar-refractivity contribution in [3.63, 3.8) is 0 Å². The van der Waals surface area contributed by atoms with Gasteiger partial charge in [-0.05, 0) is 37.6 Å². The van der Waals surface area contributed by atoms with E-state index < -0.39 is 0 Å². The number of hydrogen-bond acceptors (Lipinski definition) is 5. The highest BCUT2D eigenvalue weighted by atomic mass is 16.2. The second-order valence-corrected chi connectivity index (χ2v) is 7.05. The summed E-state index contributed by atoms with van der Waals surface area (Å²) in [5.41, 5.74) is 0. The highest BCUT2D eigenvalue weighted by Crippen LogP contribution is 2.19. The van der Waals surface area contributed by atoms with Gasteiger partial charge < -0.3 is 9.80 Å². The number of aromatic nitrogens is 3. The van der Waals surface area contributed by atoms with Gasteiger partial charge in [0, 0.05) is 50.8 Å². The quantitative estimate of drug-likeness (QED) is 0.805. The summed E-state index contributed by atoms with van der Waals surface area (Å²) in [4.78, 5) is 23.8. The molecule has 7 heteroatoms. The van der Waals surface area contributed by atoms with Gasteiger partial charge in [-0.15, -0.1) is 0 Å². The molecule has 26 heavy (non-hydrogen) atoms. The Hall–Kier alpha value is -2.41. The van der Waals surface area contributed by atoms with Crippen molar-refractivity contribution in [2.45, 2.75) is 25.4 Å². The summed E-state index contributed by atoms with van der Waals surface area (Å²) in [5.74, 6) is 1.25. The summed E-state index contributed by atoms with van der Waals surface area (Å²) in [6.45, 7) is 5.63. The van der Waals surface area contributed by atoms with Gasteiger partial charge >= 0.3 is 0 Å². The molecule has 0 bridgehead atoms. The molecule has 4 rings (SSSR count). The first-order chi connectivity index (χ1) is 12.8. The van der Waals surface area contributed by atoms with Crippen molar-refractivity contribution in [3.05, 3.63) is 42.9 Å². The Labute approximate surface area is 154 Å². The summed E-state index contributed by atoms with van der Waals surface area (Å²) in [6, 6.07) is 8.33. The number of rotatable bonds is 5. The van der Waals surface area contributed by atoms with Crippen LogP contribution in [0.5, 0.6) is 0 Å². The smallest absolute Gasteiger partial charge is 0.236 e. The molecule has 1 amide bonds. The van der Waals surface area contributed by atoms with Crippen LogP contribution in [-0.4, -0.2) is 75.8 Å². The molecule has 2 aromatic heterocycles. The van der Waals surface area contributed by atoms with Crippen LogP contribution in [0.15, 0.2) is 42.9 Å².